The molecule has 2 amide bonds. The Morgan fingerprint density at radius 1 is 1.40 bits per heavy atom. The zero-order valence-electron chi connectivity index (χ0n) is 14.6. The van der Waals surface area contributed by atoms with Gasteiger partial charge in [0.25, 0.3) is 0 Å². The van der Waals surface area contributed by atoms with E-state index in [1.165, 1.54) is 7.11 Å². The largest absolute Gasteiger partial charge is 0.361 e. The highest BCUT2D eigenvalue weighted by molar-refractivity contribution is 6.39. The quantitative estimate of drug-likeness (QED) is 0.623. The van der Waals surface area contributed by atoms with Crippen LogP contribution in [0, 0.1) is 17.2 Å². The van der Waals surface area contributed by atoms with Gasteiger partial charge in [-0.2, -0.15) is 5.26 Å². The number of hydrogen-bond acceptors (Lipinski definition) is 4. The van der Waals surface area contributed by atoms with Crippen LogP contribution in [0.1, 0.15) is 25.8 Å². The maximum absolute atomic E-state index is 12.2. The molecule has 1 heterocycles. The topological polar surface area (TPSA) is 98.2 Å². The van der Waals surface area contributed by atoms with Crippen LogP contribution in [0.25, 0.3) is 10.9 Å². The third kappa shape index (κ3) is 4.58. The standard InChI is InChI=1S/C18H22N4O3/c1-12(2)7-9-22(25-3)18(24)17(23)21-14-4-5-16-15(10-14)13(6-8-19)11-20-16/h4-5,10-12,20H,6-7,9H2,1-3H3,(H,21,23). The minimum atomic E-state index is -0.762. The summed E-state index contributed by atoms with van der Waals surface area (Å²) in [6, 6.07) is 7.34. The number of rotatable bonds is 6. The number of nitriles is 1. The van der Waals surface area contributed by atoms with Gasteiger partial charge in [0.1, 0.15) is 0 Å². The van der Waals surface area contributed by atoms with Crippen LogP contribution in [-0.2, 0) is 20.8 Å². The van der Waals surface area contributed by atoms with Gasteiger partial charge in [-0.15, -0.1) is 0 Å². The number of H-pyrrole nitrogens is 1. The minimum Gasteiger partial charge on any atom is -0.361 e. The zero-order valence-corrected chi connectivity index (χ0v) is 14.6. The fourth-order valence-corrected chi connectivity index (χ4v) is 2.44. The molecule has 0 unspecified atom stereocenters. The molecule has 0 saturated carbocycles. The van der Waals surface area contributed by atoms with Gasteiger partial charge in [-0.25, -0.2) is 5.06 Å². The maximum atomic E-state index is 12.2. The van der Waals surface area contributed by atoms with Gasteiger partial charge in [-0.05, 0) is 36.1 Å². The molecule has 25 heavy (non-hydrogen) atoms. The lowest BCUT2D eigenvalue weighted by molar-refractivity contribution is -0.178. The molecule has 0 fully saturated rings. The van der Waals surface area contributed by atoms with Gasteiger partial charge in [-0.3, -0.25) is 14.4 Å². The van der Waals surface area contributed by atoms with E-state index in [9.17, 15) is 9.59 Å². The number of carbonyl (C=O) groups excluding carboxylic acids is 2. The molecule has 2 N–H and O–H groups in total. The number of amides is 2. The second kappa shape index (κ2) is 8.31. The summed E-state index contributed by atoms with van der Waals surface area (Å²) in [5.41, 5.74) is 2.20. The minimum absolute atomic E-state index is 0.267. The summed E-state index contributed by atoms with van der Waals surface area (Å²) in [6.45, 7) is 4.41. The molecule has 132 valence electrons. The molecular weight excluding hydrogens is 320 g/mol. The number of hydrogen-bond donors (Lipinski definition) is 2. The van der Waals surface area contributed by atoms with Crippen molar-refractivity contribution in [3.05, 3.63) is 30.0 Å². The monoisotopic (exact) mass is 342 g/mol. The molecule has 2 rings (SSSR count). The smallest absolute Gasteiger partial charge is 0.335 e. The van der Waals surface area contributed by atoms with E-state index in [-0.39, 0.29) is 6.42 Å². The highest BCUT2D eigenvalue weighted by Gasteiger charge is 2.22. The molecule has 0 aliphatic heterocycles. The first-order chi connectivity index (χ1) is 12.0. The van der Waals surface area contributed by atoms with Gasteiger partial charge < -0.3 is 10.3 Å². The third-order valence-electron chi connectivity index (χ3n) is 3.85. The van der Waals surface area contributed by atoms with Crippen molar-refractivity contribution in [3.63, 3.8) is 0 Å². The molecule has 0 radical (unpaired) electrons. The molecular formula is C18H22N4O3. The molecule has 0 aliphatic rings. The Balaban J connectivity index is 2.11. The Morgan fingerprint density at radius 3 is 2.80 bits per heavy atom. The van der Waals surface area contributed by atoms with Crippen molar-refractivity contribution in [2.24, 2.45) is 5.92 Å². The van der Waals surface area contributed by atoms with Crippen molar-refractivity contribution >= 4 is 28.4 Å². The van der Waals surface area contributed by atoms with Gasteiger partial charge in [0.15, 0.2) is 0 Å². The molecule has 0 spiro atoms. The highest BCUT2D eigenvalue weighted by atomic mass is 16.7. The number of aromatic amines is 1. The summed E-state index contributed by atoms with van der Waals surface area (Å²) in [4.78, 5) is 32.5. The van der Waals surface area contributed by atoms with Crippen LogP contribution >= 0.6 is 0 Å². The highest BCUT2D eigenvalue weighted by Crippen LogP contribution is 2.22. The van der Waals surface area contributed by atoms with Gasteiger partial charge in [0.2, 0.25) is 0 Å². The SMILES string of the molecule is CON(CCC(C)C)C(=O)C(=O)Nc1ccc2[nH]cc(CC#N)c2c1. The molecule has 7 heteroatoms. The van der Waals surface area contributed by atoms with Crippen LogP contribution in [0.3, 0.4) is 0 Å². The summed E-state index contributed by atoms with van der Waals surface area (Å²) in [7, 11) is 1.37. The van der Waals surface area contributed by atoms with Crippen LogP contribution in [0.2, 0.25) is 0 Å². The average molecular weight is 342 g/mol. The molecule has 0 atom stereocenters. The van der Waals surface area contributed by atoms with Crippen molar-refractivity contribution in [1.82, 2.24) is 10.0 Å². The first-order valence-corrected chi connectivity index (χ1v) is 8.10. The van der Waals surface area contributed by atoms with E-state index < -0.39 is 11.8 Å². The van der Waals surface area contributed by atoms with E-state index in [1.54, 1.807) is 24.4 Å². The van der Waals surface area contributed by atoms with Crippen molar-refractivity contribution < 1.29 is 14.4 Å². The molecule has 0 aliphatic carbocycles. The van der Waals surface area contributed by atoms with E-state index in [0.717, 1.165) is 28.0 Å². The third-order valence-corrected chi connectivity index (χ3v) is 3.85. The van der Waals surface area contributed by atoms with Crippen molar-refractivity contribution in [3.8, 4) is 6.07 Å². The second-order valence-corrected chi connectivity index (χ2v) is 6.14. The van der Waals surface area contributed by atoms with Gasteiger partial charge in [0, 0.05) is 29.3 Å². The predicted octanol–water partition coefficient (Wildman–Crippen LogP) is 2.61. The number of aromatic nitrogens is 1. The van der Waals surface area contributed by atoms with E-state index in [1.807, 2.05) is 13.8 Å². The molecule has 7 nitrogen and oxygen atoms in total. The Labute approximate surface area is 146 Å². The van der Waals surface area contributed by atoms with Crippen molar-refractivity contribution in [1.29, 1.82) is 5.26 Å². The summed E-state index contributed by atoms with van der Waals surface area (Å²) in [6.07, 6.45) is 2.77. The van der Waals surface area contributed by atoms with Crippen LogP contribution in [0.5, 0.6) is 0 Å². The van der Waals surface area contributed by atoms with Gasteiger partial charge in [0.05, 0.1) is 19.6 Å². The van der Waals surface area contributed by atoms with Crippen LogP contribution in [0.15, 0.2) is 24.4 Å². The Kier molecular flexibility index (Phi) is 6.14. The molecule has 1 aromatic heterocycles. The number of nitrogens with zero attached hydrogens (tertiary/aromatic N) is 2. The second-order valence-electron chi connectivity index (χ2n) is 6.14. The average Bonchev–Trinajstić information content (AvgIpc) is 2.97. The Morgan fingerprint density at radius 2 is 2.16 bits per heavy atom. The normalized spacial score (nSPS) is 10.7. The van der Waals surface area contributed by atoms with Gasteiger partial charge in [-0.1, -0.05) is 13.8 Å². The molecule has 2 aromatic rings. The number of fused-ring (bicyclic) bond motifs is 1. The fraction of sp³-hybridized carbons (Fsp3) is 0.389. The summed E-state index contributed by atoms with van der Waals surface area (Å²) in [5, 5.41) is 13.4. The number of nitrogens with one attached hydrogen (secondary N) is 2. The van der Waals surface area contributed by atoms with E-state index in [4.69, 9.17) is 10.1 Å². The number of anilines is 1. The Hall–Kier alpha value is -2.85. The molecule has 0 bridgehead atoms. The van der Waals surface area contributed by atoms with Crippen molar-refractivity contribution in [2.75, 3.05) is 19.0 Å². The summed E-state index contributed by atoms with van der Waals surface area (Å²) < 4.78 is 0. The van der Waals surface area contributed by atoms with E-state index in [0.29, 0.717) is 18.2 Å². The number of carbonyl (C=O) groups is 2. The lowest BCUT2D eigenvalue weighted by Crippen LogP contribution is -2.39. The lowest BCUT2D eigenvalue weighted by Gasteiger charge is -2.20. The summed E-state index contributed by atoms with van der Waals surface area (Å²) in [5.74, 6) is -1.11. The van der Waals surface area contributed by atoms with E-state index in [2.05, 4.69) is 16.4 Å². The van der Waals surface area contributed by atoms with Crippen LogP contribution in [0.4, 0.5) is 5.69 Å². The van der Waals surface area contributed by atoms with E-state index >= 15 is 0 Å². The Bertz CT molecular complexity index is 804. The van der Waals surface area contributed by atoms with Crippen LogP contribution in [-0.4, -0.2) is 35.5 Å². The number of benzene rings is 1. The first-order valence-electron chi connectivity index (χ1n) is 8.10. The first kappa shape index (κ1) is 18.5. The van der Waals surface area contributed by atoms with Crippen LogP contribution < -0.4 is 5.32 Å². The molecule has 1 aromatic carbocycles. The number of hydroxylamine groups is 2. The summed E-state index contributed by atoms with van der Waals surface area (Å²) >= 11 is 0. The predicted molar refractivity (Wildman–Crippen MR) is 94.4 cm³/mol. The van der Waals surface area contributed by atoms with Crippen molar-refractivity contribution in [2.45, 2.75) is 26.7 Å². The maximum Gasteiger partial charge on any atom is 0.335 e. The molecule has 0 saturated heterocycles. The lowest BCUT2D eigenvalue weighted by atomic mass is 10.1. The zero-order chi connectivity index (χ0) is 18.4. The fourth-order valence-electron chi connectivity index (χ4n) is 2.44. The van der Waals surface area contributed by atoms with Gasteiger partial charge >= 0.3 is 11.8 Å².